The highest BCUT2D eigenvalue weighted by atomic mass is 32.2. The van der Waals surface area contributed by atoms with Crippen molar-refractivity contribution in [2.45, 2.75) is 12.1 Å². The second kappa shape index (κ2) is 9.05. The molecule has 2 N–H and O–H groups in total. The van der Waals surface area contributed by atoms with E-state index in [2.05, 4.69) is 27.1 Å². The Morgan fingerprint density at radius 1 is 1.30 bits per heavy atom. The number of nitrogens with zero attached hydrogens (tertiary/aromatic N) is 2. The molecule has 0 radical (unpaired) electrons. The summed E-state index contributed by atoms with van der Waals surface area (Å²) in [5, 5.41) is 4.87. The molecule has 0 saturated carbocycles. The van der Waals surface area contributed by atoms with Crippen LogP contribution in [-0.4, -0.2) is 33.9 Å². The molecule has 1 aromatic heterocycles. The fourth-order valence-electron chi connectivity index (χ4n) is 2.32. The summed E-state index contributed by atoms with van der Waals surface area (Å²) < 4.78 is 5.44. The normalized spacial score (nSPS) is 11.4. The van der Waals surface area contributed by atoms with Crippen LogP contribution in [0.15, 0.2) is 71.4 Å². The van der Waals surface area contributed by atoms with Crippen LogP contribution < -0.4 is 10.2 Å². The number of aromatic nitrogens is 2. The van der Waals surface area contributed by atoms with Gasteiger partial charge in [-0.3, -0.25) is 4.79 Å². The number of carbonyl (C=O) groups excluding carboxylic acids is 1. The van der Waals surface area contributed by atoms with Gasteiger partial charge in [0.15, 0.2) is 5.16 Å². The first-order valence-corrected chi connectivity index (χ1v) is 9.39. The first-order chi connectivity index (χ1) is 13.2. The Kier molecular flexibility index (Phi) is 6.27. The molecule has 0 aliphatic heterocycles. The van der Waals surface area contributed by atoms with Crippen molar-refractivity contribution in [3.63, 3.8) is 0 Å². The minimum Gasteiger partial charge on any atom is -0.490 e. The van der Waals surface area contributed by atoms with Gasteiger partial charge in [0.05, 0.1) is 22.5 Å². The number of aromatic amines is 1. The highest BCUT2D eigenvalue weighted by Gasteiger charge is 2.07. The number of nitrogens with one attached hydrogen (secondary N) is 2. The van der Waals surface area contributed by atoms with Crippen molar-refractivity contribution in [1.82, 2.24) is 15.4 Å². The minimum absolute atomic E-state index is 0.189. The molecule has 7 heteroatoms. The second-order valence-corrected chi connectivity index (χ2v) is 6.67. The van der Waals surface area contributed by atoms with Gasteiger partial charge in [0, 0.05) is 0 Å². The van der Waals surface area contributed by atoms with Crippen LogP contribution >= 0.6 is 11.8 Å². The van der Waals surface area contributed by atoms with E-state index in [4.69, 9.17) is 4.74 Å². The van der Waals surface area contributed by atoms with E-state index < -0.39 is 0 Å². The van der Waals surface area contributed by atoms with Crippen LogP contribution in [0.2, 0.25) is 0 Å². The van der Waals surface area contributed by atoms with E-state index in [-0.39, 0.29) is 11.7 Å². The highest BCUT2D eigenvalue weighted by molar-refractivity contribution is 7.99. The lowest BCUT2D eigenvalue weighted by molar-refractivity contribution is -0.118. The Hall–Kier alpha value is -3.06. The average Bonchev–Trinajstić information content (AvgIpc) is 3.12. The van der Waals surface area contributed by atoms with Crippen LogP contribution in [-0.2, 0) is 4.79 Å². The fourth-order valence-corrected chi connectivity index (χ4v) is 3.00. The average molecular weight is 380 g/mol. The van der Waals surface area contributed by atoms with Crippen molar-refractivity contribution in [3.05, 3.63) is 66.7 Å². The van der Waals surface area contributed by atoms with Crippen molar-refractivity contribution >= 4 is 34.4 Å². The molecule has 138 valence electrons. The Bertz CT molecular complexity index is 931. The lowest BCUT2D eigenvalue weighted by Crippen LogP contribution is -2.21. The van der Waals surface area contributed by atoms with E-state index in [1.165, 1.54) is 11.8 Å². The van der Waals surface area contributed by atoms with Crippen LogP contribution in [0.1, 0.15) is 12.5 Å². The number of amides is 1. The van der Waals surface area contributed by atoms with Gasteiger partial charge in [-0.1, -0.05) is 36.5 Å². The number of hydrazone groups is 1. The van der Waals surface area contributed by atoms with Gasteiger partial charge in [0.1, 0.15) is 12.4 Å². The van der Waals surface area contributed by atoms with Crippen molar-refractivity contribution in [2.24, 2.45) is 5.10 Å². The Balaban J connectivity index is 1.51. The third-order valence-electron chi connectivity index (χ3n) is 3.70. The van der Waals surface area contributed by atoms with E-state index in [0.29, 0.717) is 17.5 Å². The molecule has 0 aliphatic carbocycles. The van der Waals surface area contributed by atoms with Crippen molar-refractivity contribution in [3.8, 4) is 5.75 Å². The summed E-state index contributed by atoms with van der Waals surface area (Å²) in [7, 11) is 0. The lowest BCUT2D eigenvalue weighted by atomic mass is 10.1. The summed E-state index contributed by atoms with van der Waals surface area (Å²) in [6.07, 6.45) is 1.69. The summed E-state index contributed by atoms with van der Waals surface area (Å²) in [6, 6.07) is 15.3. The van der Waals surface area contributed by atoms with Crippen molar-refractivity contribution < 1.29 is 9.53 Å². The van der Waals surface area contributed by atoms with E-state index in [1.54, 1.807) is 6.08 Å². The number of para-hydroxylation sites is 2. The number of H-pyrrole nitrogens is 1. The van der Waals surface area contributed by atoms with Crippen molar-refractivity contribution in [2.75, 3.05) is 12.4 Å². The molecule has 6 nitrogen and oxygen atoms in total. The van der Waals surface area contributed by atoms with Gasteiger partial charge in [0.25, 0.3) is 5.91 Å². The Morgan fingerprint density at radius 2 is 2.07 bits per heavy atom. The number of carbonyl (C=O) groups is 1. The van der Waals surface area contributed by atoms with Gasteiger partial charge in [0.2, 0.25) is 0 Å². The monoisotopic (exact) mass is 380 g/mol. The van der Waals surface area contributed by atoms with E-state index in [1.807, 2.05) is 55.5 Å². The van der Waals surface area contributed by atoms with Gasteiger partial charge in [-0.25, -0.2) is 10.4 Å². The summed E-state index contributed by atoms with van der Waals surface area (Å²) in [5.74, 6) is 0.800. The topological polar surface area (TPSA) is 79.4 Å². The van der Waals surface area contributed by atoms with Crippen LogP contribution in [0, 0.1) is 0 Å². The molecular formula is C20H20N4O2S. The SMILES string of the molecule is C=CCOc1ccc(/C(C)=N\NC(=O)CSc2nc3ccccc3[nH]2)cc1. The third-order valence-corrected chi connectivity index (χ3v) is 4.57. The van der Waals surface area contributed by atoms with Gasteiger partial charge in [-0.2, -0.15) is 5.10 Å². The van der Waals surface area contributed by atoms with E-state index >= 15 is 0 Å². The van der Waals surface area contributed by atoms with Crippen LogP contribution in [0.4, 0.5) is 0 Å². The summed E-state index contributed by atoms with van der Waals surface area (Å²) >= 11 is 1.34. The predicted octanol–water partition coefficient (Wildman–Crippen LogP) is 3.76. The minimum atomic E-state index is -0.189. The molecule has 0 aliphatic rings. The molecule has 3 aromatic rings. The molecule has 3 rings (SSSR count). The Labute approximate surface area is 161 Å². The van der Waals surface area contributed by atoms with E-state index in [0.717, 1.165) is 22.3 Å². The fraction of sp³-hybridized carbons (Fsp3) is 0.150. The second-order valence-electron chi connectivity index (χ2n) is 5.70. The molecule has 0 unspecified atom stereocenters. The number of thioether (sulfide) groups is 1. The molecule has 1 amide bonds. The molecular weight excluding hydrogens is 360 g/mol. The zero-order chi connectivity index (χ0) is 19.1. The molecule has 0 bridgehead atoms. The summed E-state index contributed by atoms with van der Waals surface area (Å²) in [4.78, 5) is 19.6. The van der Waals surface area contributed by atoms with Gasteiger partial charge in [-0.15, -0.1) is 0 Å². The number of rotatable bonds is 8. The molecule has 0 fully saturated rings. The number of imidazole rings is 1. The van der Waals surface area contributed by atoms with Crippen molar-refractivity contribution in [1.29, 1.82) is 0 Å². The maximum Gasteiger partial charge on any atom is 0.250 e. The summed E-state index contributed by atoms with van der Waals surface area (Å²) in [5.41, 5.74) is 6.04. The van der Waals surface area contributed by atoms with Gasteiger partial charge >= 0.3 is 0 Å². The number of fused-ring (bicyclic) bond motifs is 1. The van der Waals surface area contributed by atoms with E-state index in [9.17, 15) is 4.79 Å². The molecule has 0 atom stereocenters. The summed E-state index contributed by atoms with van der Waals surface area (Å²) in [6.45, 7) is 5.92. The maximum atomic E-state index is 12.0. The quantitative estimate of drug-likeness (QED) is 0.270. The highest BCUT2D eigenvalue weighted by Crippen LogP contribution is 2.18. The third kappa shape index (κ3) is 5.21. The van der Waals surface area contributed by atoms with Gasteiger partial charge in [-0.05, 0) is 48.9 Å². The smallest absolute Gasteiger partial charge is 0.250 e. The number of ether oxygens (including phenoxy) is 1. The number of benzene rings is 2. The lowest BCUT2D eigenvalue weighted by Gasteiger charge is -2.05. The van der Waals surface area contributed by atoms with Crippen LogP contribution in [0.25, 0.3) is 11.0 Å². The number of hydrogen-bond acceptors (Lipinski definition) is 5. The number of hydrogen-bond donors (Lipinski definition) is 2. The standard InChI is InChI=1S/C20H20N4O2S/c1-3-12-26-16-10-8-15(9-11-16)14(2)23-24-19(25)13-27-20-21-17-6-4-5-7-18(17)22-20/h3-11H,1,12-13H2,2H3,(H,21,22)(H,24,25)/b23-14-. The first-order valence-electron chi connectivity index (χ1n) is 8.40. The first kappa shape index (κ1) is 18.7. The molecule has 1 heterocycles. The molecule has 2 aromatic carbocycles. The molecule has 0 saturated heterocycles. The molecule has 0 spiro atoms. The zero-order valence-corrected chi connectivity index (χ0v) is 15.8. The molecule has 27 heavy (non-hydrogen) atoms. The largest absolute Gasteiger partial charge is 0.490 e. The van der Waals surface area contributed by atoms with Gasteiger partial charge < -0.3 is 9.72 Å². The van der Waals surface area contributed by atoms with Crippen LogP contribution in [0.5, 0.6) is 5.75 Å². The maximum absolute atomic E-state index is 12.0. The predicted molar refractivity (Wildman–Crippen MR) is 109 cm³/mol. The van der Waals surface area contributed by atoms with Crippen LogP contribution in [0.3, 0.4) is 0 Å². The zero-order valence-electron chi connectivity index (χ0n) is 14.9. The Morgan fingerprint density at radius 3 is 2.81 bits per heavy atom.